The van der Waals surface area contributed by atoms with E-state index < -0.39 is 11.6 Å². The Morgan fingerprint density at radius 1 is 1.19 bits per heavy atom. The number of anilines is 1. The average molecular weight is 436 g/mol. The molecule has 5 nitrogen and oxygen atoms in total. The molecular formula is C19H16BrF2N3O2. The predicted molar refractivity (Wildman–Crippen MR) is 100 cm³/mol. The van der Waals surface area contributed by atoms with Gasteiger partial charge in [0.2, 0.25) is 5.91 Å². The van der Waals surface area contributed by atoms with Gasteiger partial charge in [-0.15, -0.1) is 0 Å². The smallest absolute Gasteiger partial charge is 0.228 e. The number of carbonyl (C=O) groups excluding carboxylic acids is 1. The molecule has 0 bridgehead atoms. The Morgan fingerprint density at radius 2 is 2.00 bits per heavy atom. The monoisotopic (exact) mass is 435 g/mol. The van der Waals surface area contributed by atoms with Crippen LogP contribution in [0, 0.1) is 11.6 Å². The first kappa shape index (κ1) is 19.2. The molecule has 0 N–H and O–H groups in total. The third-order valence-corrected chi connectivity index (χ3v) is 4.38. The Bertz CT molecular complexity index is 944. The molecule has 140 valence electrons. The first-order valence-corrected chi connectivity index (χ1v) is 9.09. The summed E-state index contributed by atoms with van der Waals surface area (Å²) in [6, 6.07) is 6.79. The number of carbonyl (C=O) groups is 1. The number of aryl methyl sites for hydroxylation is 1. The number of hydrogen-bond acceptors (Lipinski definition) is 4. The van der Waals surface area contributed by atoms with Crippen LogP contribution in [0.5, 0.6) is 0 Å². The zero-order valence-corrected chi connectivity index (χ0v) is 16.0. The third kappa shape index (κ3) is 4.57. The Kier molecular flexibility index (Phi) is 5.95. The molecule has 0 saturated heterocycles. The van der Waals surface area contributed by atoms with Crippen molar-refractivity contribution in [2.24, 2.45) is 0 Å². The van der Waals surface area contributed by atoms with Gasteiger partial charge in [-0.3, -0.25) is 9.69 Å². The van der Waals surface area contributed by atoms with Crippen molar-refractivity contribution in [1.82, 2.24) is 9.97 Å². The Hall–Kier alpha value is -2.61. The minimum Gasteiger partial charge on any atom is -0.441 e. The SMILES string of the molecule is CCN(C(=O)CCc1ncc(-c2ccc(F)cc2F)o1)c1ccc(Br)cn1. The van der Waals surface area contributed by atoms with Crippen LogP contribution in [-0.2, 0) is 11.2 Å². The molecule has 0 saturated carbocycles. The fourth-order valence-corrected chi connectivity index (χ4v) is 2.82. The Morgan fingerprint density at radius 3 is 2.67 bits per heavy atom. The first-order valence-electron chi connectivity index (χ1n) is 8.30. The van der Waals surface area contributed by atoms with Crippen LogP contribution in [0.3, 0.4) is 0 Å². The number of benzene rings is 1. The lowest BCUT2D eigenvalue weighted by molar-refractivity contribution is -0.118. The summed E-state index contributed by atoms with van der Waals surface area (Å²) in [6.45, 7) is 2.34. The van der Waals surface area contributed by atoms with E-state index in [-0.39, 0.29) is 30.1 Å². The fraction of sp³-hybridized carbons (Fsp3) is 0.211. The second-order valence-electron chi connectivity index (χ2n) is 5.72. The van der Waals surface area contributed by atoms with Crippen LogP contribution < -0.4 is 4.90 Å². The number of rotatable bonds is 6. The molecule has 2 aromatic heterocycles. The predicted octanol–water partition coefficient (Wildman–Crippen LogP) is 4.76. The number of pyridine rings is 1. The van der Waals surface area contributed by atoms with Gasteiger partial charge in [0.1, 0.15) is 17.5 Å². The second-order valence-corrected chi connectivity index (χ2v) is 6.63. The summed E-state index contributed by atoms with van der Waals surface area (Å²) in [6.07, 6.45) is 3.42. The highest BCUT2D eigenvalue weighted by Crippen LogP contribution is 2.25. The number of nitrogens with zero attached hydrogens (tertiary/aromatic N) is 3. The largest absolute Gasteiger partial charge is 0.441 e. The van der Waals surface area contributed by atoms with Crippen LogP contribution in [0.4, 0.5) is 14.6 Å². The van der Waals surface area contributed by atoms with Gasteiger partial charge in [0.25, 0.3) is 0 Å². The Balaban J connectivity index is 1.67. The molecule has 0 aliphatic carbocycles. The maximum Gasteiger partial charge on any atom is 0.228 e. The van der Waals surface area contributed by atoms with Crippen molar-refractivity contribution in [3.63, 3.8) is 0 Å². The summed E-state index contributed by atoms with van der Waals surface area (Å²) in [4.78, 5) is 22.4. The van der Waals surface area contributed by atoms with Crippen molar-refractivity contribution < 1.29 is 18.0 Å². The minimum absolute atomic E-state index is 0.121. The van der Waals surface area contributed by atoms with Crippen molar-refractivity contribution in [2.75, 3.05) is 11.4 Å². The molecule has 0 unspecified atom stereocenters. The molecule has 0 radical (unpaired) electrons. The highest BCUT2D eigenvalue weighted by atomic mass is 79.9. The summed E-state index contributed by atoms with van der Waals surface area (Å²) in [7, 11) is 0. The van der Waals surface area contributed by atoms with Crippen LogP contribution >= 0.6 is 15.9 Å². The highest BCUT2D eigenvalue weighted by molar-refractivity contribution is 9.10. The molecule has 0 atom stereocenters. The maximum atomic E-state index is 13.8. The van der Waals surface area contributed by atoms with Crippen LogP contribution in [0.2, 0.25) is 0 Å². The maximum absolute atomic E-state index is 13.8. The number of aromatic nitrogens is 2. The zero-order valence-electron chi connectivity index (χ0n) is 14.5. The van der Waals surface area contributed by atoms with Gasteiger partial charge in [-0.2, -0.15) is 0 Å². The van der Waals surface area contributed by atoms with Crippen molar-refractivity contribution in [2.45, 2.75) is 19.8 Å². The van der Waals surface area contributed by atoms with E-state index in [1.807, 2.05) is 13.0 Å². The first-order chi connectivity index (χ1) is 13.0. The highest BCUT2D eigenvalue weighted by Gasteiger charge is 2.17. The van der Waals surface area contributed by atoms with Crippen LogP contribution in [0.1, 0.15) is 19.2 Å². The zero-order chi connectivity index (χ0) is 19.4. The van der Waals surface area contributed by atoms with Gasteiger partial charge in [-0.05, 0) is 47.1 Å². The lowest BCUT2D eigenvalue weighted by Crippen LogP contribution is -2.31. The quantitative estimate of drug-likeness (QED) is 0.559. The van der Waals surface area contributed by atoms with Gasteiger partial charge in [-0.25, -0.2) is 18.7 Å². The van der Waals surface area contributed by atoms with E-state index in [1.165, 1.54) is 12.3 Å². The van der Waals surface area contributed by atoms with Crippen LogP contribution in [0.15, 0.2) is 51.6 Å². The number of amides is 1. The van der Waals surface area contributed by atoms with E-state index in [9.17, 15) is 13.6 Å². The van der Waals surface area contributed by atoms with Gasteiger partial charge >= 0.3 is 0 Å². The second kappa shape index (κ2) is 8.39. The summed E-state index contributed by atoms with van der Waals surface area (Å²) in [5.41, 5.74) is 0.121. The summed E-state index contributed by atoms with van der Waals surface area (Å²) < 4.78 is 33.2. The molecule has 0 aliphatic heterocycles. The average Bonchev–Trinajstić information content (AvgIpc) is 3.11. The van der Waals surface area contributed by atoms with Crippen LogP contribution in [0.25, 0.3) is 11.3 Å². The van der Waals surface area contributed by atoms with Gasteiger partial charge in [0.05, 0.1) is 11.8 Å². The van der Waals surface area contributed by atoms with E-state index in [1.54, 1.807) is 17.2 Å². The van der Waals surface area contributed by atoms with Crippen LogP contribution in [-0.4, -0.2) is 22.4 Å². The molecule has 0 aliphatic rings. The van der Waals surface area contributed by atoms with Gasteiger partial charge < -0.3 is 4.42 Å². The lowest BCUT2D eigenvalue weighted by Gasteiger charge is -2.19. The Labute approximate surface area is 163 Å². The molecule has 3 aromatic rings. The fourth-order valence-electron chi connectivity index (χ4n) is 2.58. The summed E-state index contributed by atoms with van der Waals surface area (Å²) in [5.74, 6) is -0.457. The summed E-state index contributed by atoms with van der Waals surface area (Å²) >= 11 is 3.31. The van der Waals surface area contributed by atoms with Crippen molar-refractivity contribution in [1.29, 1.82) is 0 Å². The molecule has 1 aromatic carbocycles. The van der Waals surface area contributed by atoms with Gasteiger partial charge in [-0.1, -0.05) is 0 Å². The topological polar surface area (TPSA) is 59.2 Å². The standard InChI is InChI=1S/C19H16BrF2N3O2/c1-2-25(17-6-3-12(20)10-23-17)19(26)8-7-18-24-11-16(27-18)14-5-4-13(21)9-15(14)22/h3-6,9-11H,2,7-8H2,1H3. The van der Waals surface area contributed by atoms with E-state index in [4.69, 9.17) is 4.42 Å². The van der Waals surface area contributed by atoms with Gasteiger partial charge in [0, 0.05) is 36.1 Å². The van der Waals surface area contributed by atoms with Gasteiger partial charge in [0.15, 0.2) is 11.7 Å². The van der Waals surface area contributed by atoms with Crippen molar-refractivity contribution in [3.05, 3.63) is 64.7 Å². The number of oxazole rings is 1. The van der Waals surface area contributed by atoms with E-state index >= 15 is 0 Å². The van der Waals surface area contributed by atoms with Crippen molar-refractivity contribution in [3.8, 4) is 11.3 Å². The lowest BCUT2D eigenvalue weighted by atomic mass is 10.2. The minimum atomic E-state index is -0.729. The molecule has 27 heavy (non-hydrogen) atoms. The molecule has 2 heterocycles. The number of hydrogen-bond donors (Lipinski definition) is 0. The molecule has 1 amide bonds. The molecular weight excluding hydrogens is 420 g/mol. The van der Waals surface area contributed by atoms with E-state index in [0.29, 0.717) is 18.3 Å². The molecule has 0 fully saturated rings. The normalized spacial score (nSPS) is 10.8. The summed E-state index contributed by atoms with van der Waals surface area (Å²) in [5, 5.41) is 0. The molecule has 8 heteroatoms. The van der Waals surface area contributed by atoms with E-state index in [2.05, 4.69) is 25.9 Å². The van der Waals surface area contributed by atoms with E-state index in [0.717, 1.165) is 16.6 Å². The van der Waals surface area contributed by atoms with Crippen molar-refractivity contribution >= 4 is 27.7 Å². The molecule has 0 spiro atoms. The third-order valence-electron chi connectivity index (χ3n) is 3.91. The number of halogens is 3. The molecule has 3 rings (SSSR count).